The summed E-state index contributed by atoms with van der Waals surface area (Å²) in [6, 6.07) is 8.50. The van der Waals surface area contributed by atoms with Crippen LogP contribution in [0.5, 0.6) is 0 Å². The van der Waals surface area contributed by atoms with Crippen molar-refractivity contribution in [1.29, 1.82) is 0 Å². The van der Waals surface area contributed by atoms with Crippen molar-refractivity contribution in [1.82, 2.24) is 5.48 Å². The zero-order valence-corrected chi connectivity index (χ0v) is 10.7. The first-order valence-corrected chi connectivity index (χ1v) is 5.96. The molecule has 0 fully saturated rings. The van der Waals surface area contributed by atoms with E-state index in [-0.39, 0.29) is 5.41 Å². The average Bonchev–Trinajstić information content (AvgIpc) is 2.77. The van der Waals surface area contributed by atoms with Crippen molar-refractivity contribution in [3.05, 3.63) is 41.6 Å². The third kappa shape index (κ3) is 1.10. The Morgan fingerprint density at radius 2 is 1.94 bits per heavy atom. The fourth-order valence-corrected chi connectivity index (χ4v) is 3.07. The number of allylic oxidation sites excluding steroid dienone is 1. The lowest BCUT2D eigenvalue weighted by molar-refractivity contribution is -0.0725. The first-order chi connectivity index (χ1) is 7.99. The molecule has 0 aromatic heterocycles. The van der Waals surface area contributed by atoms with Gasteiger partial charge >= 0.3 is 0 Å². The molecule has 1 aromatic rings. The molecule has 3 nitrogen and oxygen atoms in total. The number of likely N-dealkylation sites (N-methyl/N-ethyl adjacent to an activating group) is 1. The van der Waals surface area contributed by atoms with Gasteiger partial charge in [-0.1, -0.05) is 32.0 Å². The Hall–Kier alpha value is -1.48. The lowest BCUT2D eigenvalue weighted by atomic mass is 9.77. The summed E-state index contributed by atoms with van der Waals surface area (Å²) in [6.45, 7) is 6.49. The SMILES string of the molecule is CC1=C[C@@]2(ON1)N(C)c1ccccc1C2(C)C. The van der Waals surface area contributed by atoms with Crippen LogP contribution in [-0.4, -0.2) is 12.8 Å². The Kier molecular flexibility index (Phi) is 1.91. The van der Waals surface area contributed by atoms with Gasteiger partial charge in [0, 0.05) is 23.8 Å². The smallest absolute Gasteiger partial charge is 0.197 e. The third-order valence-electron chi connectivity index (χ3n) is 4.11. The predicted octanol–water partition coefficient (Wildman–Crippen LogP) is 2.55. The molecule has 0 unspecified atom stereocenters. The minimum absolute atomic E-state index is 0.0803. The van der Waals surface area contributed by atoms with Crippen LogP contribution in [0.2, 0.25) is 0 Å². The highest BCUT2D eigenvalue weighted by atomic mass is 16.7. The summed E-state index contributed by atoms with van der Waals surface area (Å²) in [4.78, 5) is 8.12. The zero-order valence-electron chi connectivity index (χ0n) is 10.7. The molecular weight excluding hydrogens is 212 g/mol. The molecule has 2 aliphatic rings. The van der Waals surface area contributed by atoms with E-state index in [0.29, 0.717) is 0 Å². The van der Waals surface area contributed by atoms with E-state index in [1.807, 2.05) is 6.92 Å². The molecule has 1 aromatic carbocycles. The summed E-state index contributed by atoms with van der Waals surface area (Å²) in [5, 5.41) is 0. The Balaban J connectivity index is 2.23. The van der Waals surface area contributed by atoms with E-state index in [4.69, 9.17) is 4.84 Å². The second-order valence-electron chi connectivity index (χ2n) is 5.43. The number of rotatable bonds is 0. The van der Waals surface area contributed by atoms with E-state index in [9.17, 15) is 0 Å². The number of nitrogens with zero attached hydrogens (tertiary/aromatic N) is 1. The average molecular weight is 230 g/mol. The van der Waals surface area contributed by atoms with Gasteiger partial charge in [0.2, 0.25) is 0 Å². The summed E-state index contributed by atoms with van der Waals surface area (Å²) in [7, 11) is 2.09. The number of hydrogen-bond acceptors (Lipinski definition) is 3. The summed E-state index contributed by atoms with van der Waals surface area (Å²) in [5.41, 5.74) is 6.13. The van der Waals surface area contributed by atoms with Gasteiger partial charge in [0.15, 0.2) is 5.72 Å². The molecular formula is C14H18N2O. The number of anilines is 1. The number of para-hydroxylation sites is 1. The van der Waals surface area contributed by atoms with Gasteiger partial charge in [-0.05, 0) is 24.6 Å². The molecule has 0 bridgehead atoms. The van der Waals surface area contributed by atoms with Gasteiger partial charge in [-0.3, -0.25) is 5.48 Å². The maximum absolute atomic E-state index is 5.91. The van der Waals surface area contributed by atoms with Gasteiger partial charge in [-0.2, -0.15) is 0 Å². The highest BCUT2D eigenvalue weighted by Crippen LogP contribution is 2.53. The van der Waals surface area contributed by atoms with E-state index in [1.54, 1.807) is 0 Å². The van der Waals surface area contributed by atoms with Crippen molar-refractivity contribution < 1.29 is 4.84 Å². The summed E-state index contributed by atoms with van der Waals surface area (Å²) >= 11 is 0. The molecule has 0 saturated carbocycles. The number of nitrogens with one attached hydrogen (secondary N) is 1. The molecule has 17 heavy (non-hydrogen) atoms. The van der Waals surface area contributed by atoms with Crippen molar-refractivity contribution in [3.63, 3.8) is 0 Å². The van der Waals surface area contributed by atoms with Crippen molar-refractivity contribution in [2.45, 2.75) is 31.9 Å². The molecule has 3 heteroatoms. The summed E-state index contributed by atoms with van der Waals surface area (Å²) < 4.78 is 0. The maximum atomic E-state index is 5.91. The summed E-state index contributed by atoms with van der Waals surface area (Å²) in [6.07, 6.45) is 2.17. The quantitative estimate of drug-likeness (QED) is 0.741. The van der Waals surface area contributed by atoms with E-state index < -0.39 is 5.72 Å². The molecule has 2 heterocycles. The summed E-state index contributed by atoms with van der Waals surface area (Å²) in [5.74, 6) is 0. The van der Waals surface area contributed by atoms with Crippen LogP contribution < -0.4 is 10.4 Å². The molecule has 0 saturated heterocycles. The maximum Gasteiger partial charge on any atom is 0.197 e. The monoisotopic (exact) mass is 230 g/mol. The lowest BCUT2D eigenvalue weighted by Gasteiger charge is -2.39. The highest BCUT2D eigenvalue weighted by Gasteiger charge is 2.58. The minimum atomic E-state index is -0.416. The van der Waals surface area contributed by atoms with Crippen LogP contribution in [0.15, 0.2) is 36.0 Å². The molecule has 1 N–H and O–H groups in total. The second kappa shape index (κ2) is 3.05. The van der Waals surface area contributed by atoms with Gasteiger partial charge < -0.3 is 4.90 Å². The molecule has 1 spiro atoms. The minimum Gasteiger partial charge on any atom is -0.340 e. The van der Waals surface area contributed by atoms with E-state index in [2.05, 4.69) is 61.6 Å². The van der Waals surface area contributed by atoms with Crippen LogP contribution in [-0.2, 0) is 10.3 Å². The molecule has 2 aliphatic heterocycles. The third-order valence-corrected chi connectivity index (χ3v) is 4.11. The van der Waals surface area contributed by atoms with Gasteiger partial charge in [-0.25, -0.2) is 4.84 Å². The number of hydrogen-bond donors (Lipinski definition) is 1. The second-order valence-corrected chi connectivity index (χ2v) is 5.43. The first kappa shape index (κ1) is 10.7. The van der Waals surface area contributed by atoms with Crippen LogP contribution in [0.3, 0.4) is 0 Å². The van der Waals surface area contributed by atoms with Gasteiger partial charge in [0.05, 0.1) is 0 Å². The van der Waals surface area contributed by atoms with Crippen LogP contribution >= 0.6 is 0 Å². The fourth-order valence-electron chi connectivity index (χ4n) is 3.07. The van der Waals surface area contributed by atoms with Crippen molar-refractivity contribution in [2.75, 3.05) is 11.9 Å². The van der Waals surface area contributed by atoms with Crippen LogP contribution in [0, 0.1) is 0 Å². The molecule has 1 atom stereocenters. The first-order valence-electron chi connectivity index (χ1n) is 5.96. The Morgan fingerprint density at radius 1 is 1.24 bits per heavy atom. The van der Waals surface area contributed by atoms with Crippen LogP contribution in [0.4, 0.5) is 5.69 Å². The van der Waals surface area contributed by atoms with E-state index in [1.165, 1.54) is 11.3 Å². The topological polar surface area (TPSA) is 24.5 Å². The number of hydroxylamine groups is 1. The normalized spacial score (nSPS) is 29.2. The van der Waals surface area contributed by atoms with E-state index >= 15 is 0 Å². The lowest BCUT2D eigenvalue weighted by Crippen LogP contribution is -2.54. The number of benzene rings is 1. The van der Waals surface area contributed by atoms with Crippen LogP contribution in [0.1, 0.15) is 26.3 Å². The van der Waals surface area contributed by atoms with Crippen LogP contribution in [0.25, 0.3) is 0 Å². The van der Waals surface area contributed by atoms with Gasteiger partial charge in [0.25, 0.3) is 0 Å². The molecule has 0 radical (unpaired) electrons. The number of fused-ring (bicyclic) bond motifs is 1. The largest absolute Gasteiger partial charge is 0.340 e. The Labute approximate surface area is 102 Å². The van der Waals surface area contributed by atoms with Crippen molar-refractivity contribution in [2.24, 2.45) is 0 Å². The molecule has 90 valence electrons. The highest BCUT2D eigenvalue weighted by molar-refractivity contribution is 5.67. The van der Waals surface area contributed by atoms with Crippen molar-refractivity contribution in [3.8, 4) is 0 Å². The molecule has 0 aliphatic carbocycles. The fraction of sp³-hybridized carbons (Fsp3) is 0.429. The standard InChI is InChI=1S/C14H18N2O/c1-10-9-14(17-15-10)13(2,3)11-7-5-6-8-12(11)16(14)4/h5-9,15H,1-4H3/t14-/m0/s1. The van der Waals surface area contributed by atoms with Crippen molar-refractivity contribution >= 4 is 5.69 Å². The Morgan fingerprint density at radius 3 is 2.53 bits per heavy atom. The Bertz CT molecular complexity index is 507. The molecule has 0 amide bonds. The van der Waals surface area contributed by atoms with Gasteiger partial charge in [0.1, 0.15) is 0 Å². The van der Waals surface area contributed by atoms with Gasteiger partial charge in [-0.15, -0.1) is 0 Å². The molecule has 3 rings (SSSR count). The predicted molar refractivity (Wildman–Crippen MR) is 68.6 cm³/mol. The van der Waals surface area contributed by atoms with E-state index in [0.717, 1.165) is 5.70 Å². The zero-order chi connectivity index (χ0) is 12.3.